The number of alkyl carbamates (subject to hydrolysis) is 1. The zero-order chi connectivity index (χ0) is 29.6. The lowest BCUT2D eigenvalue weighted by Gasteiger charge is -2.36. The predicted molar refractivity (Wildman–Crippen MR) is 156 cm³/mol. The minimum Gasteiger partial charge on any atom is -0.507 e. The van der Waals surface area contributed by atoms with Gasteiger partial charge in [-0.1, -0.05) is 68.8 Å². The van der Waals surface area contributed by atoms with Gasteiger partial charge < -0.3 is 25.4 Å². The molecule has 218 valence electrons. The second kappa shape index (κ2) is 13.2. The third-order valence-corrected chi connectivity index (χ3v) is 7.15. The van der Waals surface area contributed by atoms with E-state index < -0.39 is 29.7 Å². The molecule has 0 bridgehead atoms. The summed E-state index contributed by atoms with van der Waals surface area (Å²) in [5, 5.41) is 16.9. The van der Waals surface area contributed by atoms with Crippen molar-refractivity contribution in [2.24, 2.45) is 5.92 Å². The van der Waals surface area contributed by atoms with E-state index in [1.807, 2.05) is 51.1 Å². The van der Waals surface area contributed by atoms with Gasteiger partial charge >= 0.3 is 6.09 Å². The van der Waals surface area contributed by atoms with Crippen LogP contribution in [0.5, 0.6) is 5.75 Å². The summed E-state index contributed by atoms with van der Waals surface area (Å²) in [6.07, 6.45) is 1.90. The number of phenols is 1. The first kappa shape index (κ1) is 31.0. The molecule has 0 aromatic heterocycles. The van der Waals surface area contributed by atoms with Gasteiger partial charge in [-0.25, -0.2) is 4.79 Å². The Morgan fingerprint density at radius 1 is 1.07 bits per heavy atom. The summed E-state index contributed by atoms with van der Waals surface area (Å²) in [5.74, 6) is -0.604. The summed E-state index contributed by atoms with van der Waals surface area (Å²) in [4.78, 5) is 42.9. The molecule has 0 aliphatic heterocycles. The van der Waals surface area contributed by atoms with Gasteiger partial charge in [0.25, 0.3) is 0 Å². The Hall–Kier alpha value is -3.55. The van der Waals surface area contributed by atoms with Gasteiger partial charge in [0.1, 0.15) is 23.4 Å². The lowest BCUT2D eigenvalue weighted by molar-refractivity contribution is -0.143. The number of para-hydroxylation sites is 1. The minimum absolute atomic E-state index is 0.0170. The molecule has 5 unspecified atom stereocenters. The predicted octanol–water partition coefficient (Wildman–Crippen LogP) is 5.42. The van der Waals surface area contributed by atoms with E-state index in [0.29, 0.717) is 11.1 Å². The fraction of sp³-hybridized carbons (Fsp3) is 0.531. The second-order valence-corrected chi connectivity index (χ2v) is 12.0. The summed E-state index contributed by atoms with van der Waals surface area (Å²) in [5.41, 5.74) is 1.09. The highest BCUT2D eigenvalue weighted by atomic mass is 16.6. The van der Waals surface area contributed by atoms with Crippen LogP contribution in [0.2, 0.25) is 0 Å². The Morgan fingerprint density at radius 3 is 2.30 bits per heavy atom. The van der Waals surface area contributed by atoms with Gasteiger partial charge in [0.2, 0.25) is 11.8 Å². The molecule has 1 aliphatic carbocycles. The van der Waals surface area contributed by atoms with Crippen LogP contribution in [-0.2, 0) is 20.7 Å². The van der Waals surface area contributed by atoms with Crippen molar-refractivity contribution in [2.75, 3.05) is 0 Å². The number of carbonyl (C=O) groups is 3. The Bertz CT molecular complexity index is 1180. The van der Waals surface area contributed by atoms with E-state index in [-0.39, 0.29) is 36.1 Å². The van der Waals surface area contributed by atoms with E-state index in [9.17, 15) is 19.5 Å². The van der Waals surface area contributed by atoms with Gasteiger partial charge in [-0.2, -0.15) is 0 Å². The Balaban J connectivity index is 2.07. The topological polar surface area (TPSA) is 108 Å². The monoisotopic (exact) mass is 551 g/mol. The lowest BCUT2D eigenvalue weighted by Crippen LogP contribution is -2.55. The van der Waals surface area contributed by atoms with Crippen LogP contribution in [0, 0.1) is 12.8 Å². The molecule has 0 saturated heterocycles. The van der Waals surface area contributed by atoms with E-state index >= 15 is 0 Å². The van der Waals surface area contributed by atoms with Crippen molar-refractivity contribution in [3.05, 3.63) is 65.2 Å². The van der Waals surface area contributed by atoms with Crippen molar-refractivity contribution in [3.8, 4) is 5.75 Å². The minimum atomic E-state index is -1.07. The molecule has 0 spiro atoms. The number of ether oxygens (including phenoxy) is 1. The largest absolute Gasteiger partial charge is 0.507 e. The van der Waals surface area contributed by atoms with E-state index in [1.54, 1.807) is 50.8 Å². The van der Waals surface area contributed by atoms with Gasteiger partial charge in [0, 0.05) is 24.1 Å². The molecule has 2 aromatic rings. The number of amides is 3. The highest BCUT2D eigenvalue weighted by molar-refractivity contribution is 5.93. The summed E-state index contributed by atoms with van der Waals surface area (Å²) < 4.78 is 5.50. The molecule has 8 nitrogen and oxygen atoms in total. The number of aryl methyl sites for hydroxylation is 1. The number of benzene rings is 2. The summed E-state index contributed by atoms with van der Waals surface area (Å²) in [7, 11) is 0. The van der Waals surface area contributed by atoms with E-state index in [1.165, 1.54) is 0 Å². The van der Waals surface area contributed by atoms with Gasteiger partial charge in [0.15, 0.2) is 0 Å². The maximum atomic E-state index is 14.5. The van der Waals surface area contributed by atoms with Gasteiger partial charge in [-0.15, -0.1) is 0 Å². The van der Waals surface area contributed by atoms with E-state index in [2.05, 4.69) is 10.6 Å². The van der Waals surface area contributed by atoms with Crippen molar-refractivity contribution >= 4 is 17.9 Å². The molecule has 8 heteroatoms. The van der Waals surface area contributed by atoms with Crippen LogP contribution in [0.3, 0.4) is 0 Å². The summed E-state index contributed by atoms with van der Waals surface area (Å²) in [6.45, 7) is 13.1. The van der Waals surface area contributed by atoms with E-state index in [0.717, 1.165) is 24.8 Å². The molecule has 3 rings (SSSR count). The molecular weight excluding hydrogens is 506 g/mol. The third kappa shape index (κ3) is 8.23. The van der Waals surface area contributed by atoms with Gasteiger partial charge in [0.05, 0.1) is 0 Å². The Kier molecular flexibility index (Phi) is 10.2. The maximum Gasteiger partial charge on any atom is 0.408 e. The standard InChI is InChI=1S/C32H45N3O5/c1-8-13-22(4)33-29(37)27(24-17-12-14-20(2)28(24)36)35(26-18-21(26)3)30(38)25(19-23-15-10-9-11-16-23)34-31(39)40-32(5,6)7/h9-12,14-17,21-22,25-27,36H,8,13,18-19H2,1-7H3,(H,33,37)(H,34,39). The number of nitrogens with zero attached hydrogens (tertiary/aromatic N) is 1. The van der Waals surface area contributed by atoms with Crippen molar-refractivity contribution in [1.82, 2.24) is 15.5 Å². The number of hydrogen-bond donors (Lipinski definition) is 3. The zero-order valence-corrected chi connectivity index (χ0v) is 24.9. The Morgan fingerprint density at radius 2 is 1.73 bits per heavy atom. The van der Waals surface area contributed by atoms with Crippen molar-refractivity contribution in [3.63, 3.8) is 0 Å². The highest BCUT2D eigenvalue weighted by Crippen LogP contribution is 2.43. The third-order valence-electron chi connectivity index (χ3n) is 7.15. The first-order valence-corrected chi connectivity index (χ1v) is 14.3. The highest BCUT2D eigenvalue weighted by Gasteiger charge is 2.49. The zero-order valence-electron chi connectivity index (χ0n) is 24.9. The number of hydrogen-bond acceptors (Lipinski definition) is 5. The Labute approximate surface area is 238 Å². The number of aromatic hydroxyl groups is 1. The van der Waals surface area contributed by atoms with Crippen LogP contribution in [0.25, 0.3) is 0 Å². The quantitative estimate of drug-likeness (QED) is 0.346. The molecule has 1 fully saturated rings. The number of rotatable bonds is 11. The average molecular weight is 552 g/mol. The fourth-order valence-electron chi connectivity index (χ4n) is 5.00. The van der Waals surface area contributed by atoms with Gasteiger partial charge in [-0.3, -0.25) is 9.59 Å². The number of nitrogens with one attached hydrogen (secondary N) is 2. The molecule has 0 radical (unpaired) electrons. The molecule has 2 aromatic carbocycles. The van der Waals surface area contributed by atoms with Crippen molar-refractivity contribution < 1.29 is 24.2 Å². The summed E-state index contributed by atoms with van der Waals surface area (Å²) >= 11 is 0. The average Bonchev–Trinajstić information content (AvgIpc) is 3.58. The van der Waals surface area contributed by atoms with E-state index in [4.69, 9.17) is 4.74 Å². The number of carbonyl (C=O) groups excluding carboxylic acids is 3. The SMILES string of the molecule is CCCC(C)NC(=O)C(c1cccc(C)c1O)N(C(=O)C(Cc1ccccc1)NC(=O)OC(C)(C)C)C1CC1C. The van der Waals surface area contributed by atoms with Crippen molar-refractivity contribution in [2.45, 2.75) is 104 Å². The van der Waals surface area contributed by atoms with Crippen LogP contribution < -0.4 is 10.6 Å². The normalized spacial score (nSPS) is 18.7. The van der Waals surface area contributed by atoms with Gasteiger partial charge in [-0.05, 0) is 64.5 Å². The van der Waals surface area contributed by atoms with Crippen LogP contribution in [0.4, 0.5) is 4.79 Å². The molecule has 40 heavy (non-hydrogen) atoms. The fourth-order valence-corrected chi connectivity index (χ4v) is 5.00. The lowest BCUT2D eigenvalue weighted by atomic mass is 9.97. The second-order valence-electron chi connectivity index (χ2n) is 12.0. The van der Waals surface area contributed by atoms with Crippen LogP contribution in [0.15, 0.2) is 48.5 Å². The molecule has 3 amide bonds. The first-order valence-electron chi connectivity index (χ1n) is 14.3. The molecule has 0 heterocycles. The number of phenolic OH excluding ortho intramolecular Hbond substituents is 1. The molecule has 1 aliphatic rings. The van der Waals surface area contributed by atoms with Crippen LogP contribution in [0.1, 0.15) is 83.5 Å². The summed E-state index contributed by atoms with van der Waals surface area (Å²) in [6, 6.07) is 12.3. The molecular formula is C32H45N3O5. The molecule has 5 atom stereocenters. The molecule has 1 saturated carbocycles. The smallest absolute Gasteiger partial charge is 0.408 e. The molecule has 3 N–H and O–H groups in total. The maximum absolute atomic E-state index is 14.5. The van der Waals surface area contributed by atoms with Crippen molar-refractivity contribution in [1.29, 1.82) is 0 Å². The van der Waals surface area contributed by atoms with Crippen LogP contribution >= 0.6 is 0 Å². The first-order chi connectivity index (χ1) is 18.8. The van der Waals surface area contributed by atoms with Crippen LogP contribution in [-0.4, -0.2) is 51.6 Å².